The van der Waals surface area contributed by atoms with E-state index >= 15 is 0 Å². The largest absolute Gasteiger partial charge is 0.497 e. The second-order valence-corrected chi connectivity index (χ2v) is 5.33. The Morgan fingerprint density at radius 1 is 1.13 bits per heavy atom. The van der Waals surface area contributed by atoms with Crippen LogP contribution in [-0.2, 0) is 9.59 Å². The van der Waals surface area contributed by atoms with Crippen molar-refractivity contribution in [2.45, 2.75) is 0 Å². The van der Waals surface area contributed by atoms with Crippen molar-refractivity contribution < 1.29 is 19.1 Å². The molecule has 0 saturated carbocycles. The molecule has 0 saturated heterocycles. The van der Waals surface area contributed by atoms with Gasteiger partial charge in [-0.05, 0) is 41.8 Å². The van der Waals surface area contributed by atoms with Crippen LogP contribution in [0.1, 0.15) is 4.88 Å². The first kappa shape index (κ1) is 16.6. The van der Waals surface area contributed by atoms with E-state index < -0.39 is 11.8 Å². The van der Waals surface area contributed by atoms with Crippen molar-refractivity contribution in [2.75, 3.05) is 13.7 Å². The Kier molecular flexibility index (Phi) is 6.19. The lowest BCUT2D eigenvalue weighted by Gasteiger charge is -2.08. The van der Waals surface area contributed by atoms with Gasteiger partial charge in [0.1, 0.15) is 11.5 Å². The molecule has 1 heterocycles. The summed E-state index contributed by atoms with van der Waals surface area (Å²) >= 11 is 1.51. The maximum Gasteiger partial charge on any atom is 0.276 e. The van der Waals surface area contributed by atoms with Crippen LogP contribution in [0.2, 0.25) is 0 Å². The van der Waals surface area contributed by atoms with Gasteiger partial charge in [-0.1, -0.05) is 6.07 Å². The third-order valence-corrected chi connectivity index (χ3v) is 3.53. The van der Waals surface area contributed by atoms with Crippen LogP contribution in [0, 0.1) is 0 Å². The number of amides is 2. The second-order valence-electron chi connectivity index (χ2n) is 4.35. The van der Waals surface area contributed by atoms with E-state index in [9.17, 15) is 9.59 Å². The van der Waals surface area contributed by atoms with Crippen molar-refractivity contribution in [1.29, 1.82) is 0 Å². The lowest BCUT2D eigenvalue weighted by Crippen LogP contribution is -2.43. The van der Waals surface area contributed by atoms with E-state index in [0.29, 0.717) is 11.5 Å². The topological polar surface area (TPSA) is 76.7 Å². The van der Waals surface area contributed by atoms with E-state index in [2.05, 4.69) is 10.9 Å². The van der Waals surface area contributed by atoms with Crippen molar-refractivity contribution >= 4 is 29.2 Å². The number of nitrogens with one attached hydrogen (secondary N) is 2. The highest BCUT2D eigenvalue weighted by Gasteiger charge is 2.04. The highest BCUT2D eigenvalue weighted by atomic mass is 32.1. The number of methoxy groups -OCH3 is 1. The molecule has 2 aromatic rings. The van der Waals surface area contributed by atoms with Gasteiger partial charge in [-0.3, -0.25) is 20.4 Å². The molecule has 0 bridgehead atoms. The van der Waals surface area contributed by atoms with Gasteiger partial charge in [0.15, 0.2) is 6.61 Å². The van der Waals surface area contributed by atoms with Gasteiger partial charge in [0, 0.05) is 11.0 Å². The van der Waals surface area contributed by atoms with E-state index in [1.165, 1.54) is 17.4 Å². The standard InChI is InChI=1S/C16H16N2O4S/c1-21-12-4-6-13(7-5-12)22-11-16(20)18-17-15(19)9-8-14-3-2-10-23-14/h2-10H,11H2,1H3,(H,17,19)(H,18,20). The summed E-state index contributed by atoms with van der Waals surface area (Å²) in [5, 5.41) is 1.91. The molecule has 0 atom stereocenters. The fourth-order valence-corrected chi connectivity index (χ4v) is 2.19. The average Bonchev–Trinajstić information content (AvgIpc) is 3.10. The lowest BCUT2D eigenvalue weighted by atomic mass is 10.3. The molecule has 2 N–H and O–H groups in total. The number of carbonyl (C=O) groups is 2. The van der Waals surface area contributed by atoms with Crippen LogP contribution >= 0.6 is 11.3 Å². The molecule has 0 aliphatic carbocycles. The number of carbonyl (C=O) groups excluding carboxylic acids is 2. The molecule has 23 heavy (non-hydrogen) atoms. The third-order valence-electron chi connectivity index (χ3n) is 2.70. The van der Waals surface area contributed by atoms with Gasteiger partial charge in [-0.25, -0.2) is 0 Å². The van der Waals surface area contributed by atoms with Crippen molar-refractivity contribution in [1.82, 2.24) is 10.9 Å². The maximum absolute atomic E-state index is 11.6. The summed E-state index contributed by atoms with van der Waals surface area (Å²) in [5.74, 6) is 0.353. The molecule has 0 radical (unpaired) electrons. The molecule has 7 heteroatoms. The highest BCUT2D eigenvalue weighted by molar-refractivity contribution is 7.10. The Morgan fingerprint density at radius 2 is 1.87 bits per heavy atom. The zero-order chi connectivity index (χ0) is 16.5. The Balaban J connectivity index is 1.69. The molecule has 120 valence electrons. The van der Waals surface area contributed by atoms with Gasteiger partial charge in [0.2, 0.25) is 0 Å². The number of thiophene rings is 1. The Morgan fingerprint density at radius 3 is 2.52 bits per heavy atom. The van der Waals surface area contributed by atoms with Gasteiger partial charge in [-0.15, -0.1) is 11.3 Å². The molecule has 1 aromatic heterocycles. The van der Waals surface area contributed by atoms with Crippen molar-refractivity contribution in [3.8, 4) is 11.5 Å². The fourth-order valence-electron chi connectivity index (χ4n) is 1.57. The van der Waals surface area contributed by atoms with Gasteiger partial charge in [0.25, 0.3) is 11.8 Å². The average molecular weight is 332 g/mol. The molecule has 0 spiro atoms. The SMILES string of the molecule is COc1ccc(OCC(=O)NNC(=O)C=Cc2cccs2)cc1. The number of ether oxygens (including phenoxy) is 2. The summed E-state index contributed by atoms with van der Waals surface area (Å²) in [6.45, 7) is -0.207. The zero-order valence-electron chi connectivity index (χ0n) is 12.4. The van der Waals surface area contributed by atoms with E-state index in [4.69, 9.17) is 9.47 Å². The zero-order valence-corrected chi connectivity index (χ0v) is 13.3. The minimum absolute atomic E-state index is 0.207. The molecule has 1 aromatic carbocycles. The normalized spacial score (nSPS) is 10.3. The molecule has 6 nitrogen and oxygen atoms in total. The predicted molar refractivity (Wildman–Crippen MR) is 88.1 cm³/mol. The maximum atomic E-state index is 11.6. The summed E-state index contributed by atoms with van der Waals surface area (Å²) < 4.78 is 10.3. The molecule has 2 amide bonds. The quantitative estimate of drug-likeness (QED) is 0.626. The van der Waals surface area contributed by atoms with Gasteiger partial charge >= 0.3 is 0 Å². The number of hydrogen-bond acceptors (Lipinski definition) is 5. The lowest BCUT2D eigenvalue weighted by molar-refractivity contribution is -0.128. The van der Waals surface area contributed by atoms with E-state index in [-0.39, 0.29) is 6.61 Å². The van der Waals surface area contributed by atoms with Crippen LogP contribution < -0.4 is 20.3 Å². The first-order valence-electron chi connectivity index (χ1n) is 6.74. The molecule has 0 fully saturated rings. The minimum atomic E-state index is -0.460. The Labute approximate surface area is 137 Å². The smallest absolute Gasteiger partial charge is 0.276 e. The van der Waals surface area contributed by atoms with Crippen LogP contribution in [0.15, 0.2) is 47.9 Å². The second kappa shape index (κ2) is 8.60. The Bertz CT molecular complexity index is 666. The third kappa shape index (κ3) is 5.84. The van der Waals surface area contributed by atoms with Crippen LogP contribution in [0.25, 0.3) is 6.08 Å². The highest BCUT2D eigenvalue weighted by Crippen LogP contribution is 2.16. The van der Waals surface area contributed by atoms with E-state index in [1.807, 2.05) is 17.5 Å². The predicted octanol–water partition coefficient (Wildman–Crippen LogP) is 2.00. The Hall–Kier alpha value is -2.80. The number of hydrogen-bond donors (Lipinski definition) is 2. The monoisotopic (exact) mass is 332 g/mol. The van der Waals surface area contributed by atoms with Crippen LogP contribution in [-0.4, -0.2) is 25.5 Å². The number of hydrazine groups is 1. The van der Waals surface area contributed by atoms with Gasteiger partial charge < -0.3 is 9.47 Å². The summed E-state index contributed by atoms with van der Waals surface area (Å²) in [6, 6.07) is 10.6. The van der Waals surface area contributed by atoms with E-state index in [0.717, 1.165) is 4.88 Å². The minimum Gasteiger partial charge on any atom is -0.497 e. The molecular weight excluding hydrogens is 316 g/mol. The molecular formula is C16H16N2O4S. The van der Waals surface area contributed by atoms with E-state index in [1.54, 1.807) is 37.5 Å². The molecule has 2 rings (SSSR count). The molecule has 0 aliphatic rings. The summed E-state index contributed by atoms with van der Waals surface area (Å²) in [6.07, 6.45) is 3.01. The first-order chi connectivity index (χ1) is 11.2. The first-order valence-corrected chi connectivity index (χ1v) is 7.62. The van der Waals surface area contributed by atoms with Crippen LogP contribution in [0.5, 0.6) is 11.5 Å². The summed E-state index contributed by atoms with van der Waals surface area (Å²) in [7, 11) is 1.57. The molecule has 0 unspecified atom stereocenters. The van der Waals surface area contributed by atoms with Crippen molar-refractivity contribution in [2.24, 2.45) is 0 Å². The fraction of sp³-hybridized carbons (Fsp3) is 0.125. The molecule has 0 aliphatic heterocycles. The summed E-state index contributed by atoms with van der Waals surface area (Å²) in [5.41, 5.74) is 4.55. The number of benzene rings is 1. The summed E-state index contributed by atoms with van der Waals surface area (Å²) in [4.78, 5) is 24.1. The van der Waals surface area contributed by atoms with Crippen molar-refractivity contribution in [3.05, 3.63) is 52.7 Å². The van der Waals surface area contributed by atoms with Gasteiger partial charge in [0.05, 0.1) is 7.11 Å². The number of rotatable bonds is 6. The van der Waals surface area contributed by atoms with Crippen LogP contribution in [0.4, 0.5) is 0 Å². The van der Waals surface area contributed by atoms with Crippen LogP contribution in [0.3, 0.4) is 0 Å². The van der Waals surface area contributed by atoms with Crippen molar-refractivity contribution in [3.63, 3.8) is 0 Å². The van der Waals surface area contributed by atoms with Gasteiger partial charge in [-0.2, -0.15) is 0 Å².